The summed E-state index contributed by atoms with van der Waals surface area (Å²) in [6.07, 6.45) is 0. The molecule has 3 amide bonds. The number of ether oxygens (including phenoxy) is 1. The molecule has 1 fully saturated rings. The first-order chi connectivity index (χ1) is 10.0. The van der Waals surface area contributed by atoms with E-state index in [1.807, 2.05) is 30.3 Å². The molecule has 7 heteroatoms. The van der Waals surface area contributed by atoms with E-state index in [0.29, 0.717) is 0 Å². The summed E-state index contributed by atoms with van der Waals surface area (Å²) >= 11 is 1.41. The molecule has 2 rings (SSSR count). The van der Waals surface area contributed by atoms with Gasteiger partial charge in [0, 0.05) is 11.4 Å². The molecule has 1 atom stereocenters. The van der Waals surface area contributed by atoms with Gasteiger partial charge in [-0.05, 0) is 19.1 Å². The molecule has 2 N–H and O–H groups in total. The molecule has 0 spiro atoms. The third-order valence-corrected chi connectivity index (χ3v) is 4.32. The van der Waals surface area contributed by atoms with Gasteiger partial charge in [0.2, 0.25) is 5.91 Å². The molecule has 0 aliphatic carbocycles. The second-order valence-corrected chi connectivity index (χ2v) is 6.44. The molecular formula is C14H18N2O4S. The Morgan fingerprint density at radius 2 is 2.10 bits per heavy atom. The molecule has 1 aliphatic heterocycles. The van der Waals surface area contributed by atoms with Crippen molar-refractivity contribution in [1.82, 2.24) is 10.2 Å². The average Bonchev–Trinajstić information content (AvgIpc) is 2.46. The summed E-state index contributed by atoms with van der Waals surface area (Å²) < 4.78 is 4.39. The Bertz CT molecular complexity index is 511. The molecule has 1 saturated heterocycles. The van der Waals surface area contributed by atoms with Gasteiger partial charge < -0.3 is 9.84 Å². The first-order valence-corrected chi connectivity index (χ1v) is 7.40. The Morgan fingerprint density at radius 1 is 1.38 bits per heavy atom. The van der Waals surface area contributed by atoms with Crippen molar-refractivity contribution in [2.24, 2.45) is 0 Å². The molecule has 1 aromatic rings. The Morgan fingerprint density at radius 3 is 2.76 bits per heavy atom. The number of hydrogen-bond acceptors (Lipinski definition) is 5. The predicted molar refractivity (Wildman–Crippen MR) is 78.9 cm³/mol. The number of aliphatic hydroxyl groups is 1. The maximum atomic E-state index is 12.1. The number of benzene rings is 1. The van der Waals surface area contributed by atoms with Crippen LogP contribution in [0.15, 0.2) is 35.2 Å². The van der Waals surface area contributed by atoms with Gasteiger partial charge in [-0.15, -0.1) is 11.8 Å². The van der Waals surface area contributed by atoms with Gasteiger partial charge in [0.15, 0.2) is 0 Å². The number of amides is 3. The van der Waals surface area contributed by atoms with Crippen molar-refractivity contribution < 1.29 is 19.4 Å². The zero-order valence-corrected chi connectivity index (χ0v) is 12.6. The lowest BCUT2D eigenvalue weighted by Crippen LogP contribution is -2.61. The van der Waals surface area contributed by atoms with Crippen LogP contribution >= 0.6 is 11.8 Å². The summed E-state index contributed by atoms with van der Waals surface area (Å²) in [4.78, 5) is 26.3. The number of carbonyl (C=O) groups is 2. The number of urea groups is 1. The van der Waals surface area contributed by atoms with Gasteiger partial charge in [0.05, 0.1) is 13.2 Å². The van der Waals surface area contributed by atoms with Gasteiger partial charge in [-0.25, -0.2) is 4.79 Å². The van der Waals surface area contributed by atoms with Crippen LogP contribution in [0.1, 0.15) is 6.92 Å². The SMILES string of the molecule is CC1(Sc2ccccc2)CN(COCCO)C(=O)NC1=O. The summed E-state index contributed by atoms with van der Waals surface area (Å²) in [7, 11) is 0. The summed E-state index contributed by atoms with van der Waals surface area (Å²) in [6, 6.07) is 9.09. The van der Waals surface area contributed by atoms with E-state index < -0.39 is 10.8 Å². The summed E-state index contributed by atoms with van der Waals surface area (Å²) in [6.45, 7) is 2.14. The number of imide groups is 1. The number of nitrogens with zero attached hydrogens (tertiary/aromatic N) is 1. The van der Waals surface area contributed by atoms with Crippen LogP contribution in [0.5, 0.6) is 0 Å². The van der Waals surface area contributed by atoms with Crippen LogP contribution in [0.3, 0.4) is 0 Å². The lowest BCUT2D eigenvalue weighted by molar-refractivity contribution is -0.124. The zero-order valence-electron chi connectivity index (χ0n) is 11.7. The van der Waals surface area contributed by atoms with Crippen molar-refractivity contribution in [3.05, 3.63) is 30.3 Å². The Kier molecular flexibility index (Phi) is 5.22. The number of nitrogens with one attached hydrogen (secondary N) is 1. The van der Waals surface area contributed by atoms with Crippen molar-refractivity contribution in [1.29, 1.82) is 0 Å². The van der Waals surface area contributed by atoms with Crippen molar-refractivity contribution in [3.8, 4) is 0 Å². The zero-order chi connectivity index (χ0) is 15.3. The number of aliphatic hydroxyl groups excluding tert-OH is 1. The van der Waals surface area contributed by atoms with Crippen LogP contribution in [-0.4, -0.2) is 53.2 Å². The highest BCUT2D eigenvalue weighted by Gasteiger charge is 2.43. The summed E-state index contributed by atoms with van der Waals surface area (Å²) in [5.74, 6) is -0.306. The molecule has 1 unspecified atom stereocenters. The number of carbonyl (C=O) groups excluding carboxylic acids is 2. The van der Waals surface area contributed by atoms with E-state index in [1.54, 1.807) is 6.92 Å². The van der Waals surface area contributed by atoms with Crippen LogP contribution in [-0.2, 0) is 9.53 Å². The lowest BCUT2D eigenvalue weighted by Gasteiger charge is -2.38. The topological polar surface area (TPSA) is 78.9 Å². The van der Waals surface area contributed by atoms with E-state index in [0.717, 1.165) is 4.90 Å². The van der Waals surface area contributed by atoms with Crippen LogP contribution in [0, 0.1) is 0 Å². The Balaban J connectivity index is 2.06. The van der Waals surface area contributed by atoms with E-state index >= 15 is 0 Å². The van der Waals surface area contributed by atoms with E-state index in [-0.39, 0.29) is 32.4 Å². The third-order valence-electron chi connectivity index (χ3n) is 3.05. The minimum absolute atomic E-state index is 0.0462. The third kappa shape index (κ3) is 3.96. The van der Waals surface area contributed by atoms with Crippen LogP contribution in [0.4, 0.5) is 4.79 Å². The Hall–Kier alpha value is -1.57. The van der Waals surface area contributed by atoms with Crippen LogP contribution in [0.25, 0.3) is 0 Å². The summed E-state index contributed by atoms with van der Waals surface area (Å²) in [5.41, 5.74) is 0. The van der Waals surface area contributed by atoms with Crippen LogP contribution in [0.2, 0.25) is 0 Å². The van der Waals surface area contributed by atoms with E-state index in [1.165, 1.54) is 16.7 Å². The highest BCUT2D eigenvalue weighted by Crippen LogP contribution is 2.35. The van der Waals surface area contributed by atoms with Gasteiger partial charge >= 0.3 is 6.03 Å². The maximum Gasteiger partial charge on any atom is 0.325 e. The van der Waals surface area contributed by atoms with E-state index in [2.05, 4.69) is 5.32 Å². The molecular weight excluding hydrogens is 292 g/mol. The smallest absolute Gasteiger partial charge is 0.325 e. The largest absolute Gasteiger partial charge is 0.394 e. The van der Waals surface area contributed by atoms with Gasteiger partial charge in [-0.3, -0.25) is 15.0 Å². The van der Waals surface area contributed by atoms with Gasteiger partial charge in [-0.1, -0.05) is 18.2 Å². The Labute approximate surface area is 127 Å². The first-order valence-electron chi connectivity index (χ1n) is 6.58. The summed E-state index contributed by atoms with van der Waals surface area (Å²) in [5, 5.41) is 11.1. The fourth-order valence-corrected chi connectivity index (χ4v) is 3.16. The molecule has 21 heavy (non-hydrogen) atoms. The van der Waals surface area contributed by atoms with Crippen molar-refractivity contribution >= 4 is 23.7 Å². The second-order valence-electron chi connectivity index (χ2n) is 4.86. The molecule has 0 bridgehead atoms. The quantitative estimate of drug-likeness (QED) is 0.768. The molecule has 0 radical (unpaired) electrons. The molecule has 1 heterocycles. The van der Waals surface area contributed by atoms with Gasteiger partial charge in [-0.2, -0.15) is 0 Å². The fraction of sp³-hybridized carbons (Fsp3) is 0.429. The van der Waals surface area contributed by atoms with Gasteiger partial charge in [0.25, 0.3) is 0 Å². The van der Waals surface area contributed by atoms with Crippen molar-refractivity contribution in [3.63, 3.8) is 0 Å². The first kappa shape index (κ1) is 15.8. The molecule has 1 aromatic carbocycles. The lowest BCUT2D eigenvalue weighted by atomic mass is 10.1. The van der Waals surface area contributed by atoms with Crippen LogP contribution < -0.4 is 5.32 Å². The minimum atomic E-state index is -0.780. The van der Waals surface area contributed by atoms with E-state index in [4.69, 9.17) is 9.84 Å². The highest BCUT2D eigenvalue weighted by atomic mass is 32.2. The molecule has 114 valence electrons. The molecule has 1 aliphatic rings. The second kappa shape index (κ2) is 6.93. The fourth-order valence-electron chi connectivity index (χ4n) is 1.99. The minimum Gasteiger partial charge on any atom is -0.394 e. The maximum absolute atomic E-state index is 12.1. The van der Waals surface area contributed by atoms with E-state index in [9.17, 15) is 9.59 Å². The average molecular weight is 310 g/mol. The molecule has 6 nitrogen and oxygen atoms in total. The normalized spacial score (nSPS) is 22.3. The molecule has 0 aromatic heterocycles. The van der Waals surface area contributed by atoms with Crippen molar-refractivity contribution in [2.75, 3.05) is 26.5 Å². The van der Waals surface area contributed by atoms with Crippen molar-refractivity contribution in [2.45, 2.75) is 16.6 Å². The number of rotatable bonds is 6. The standard InChI is InChI=1S/C14H18N2O4S/c1-14(21-11-5-3-2-4-6-11)9-16(10-20-8-7-17)13(19)15-12(14)18/h2-6,17H,7-10H2,1H3,(H,15,18,19). The molecule has 0 saturated carbocycles. The number of thioether (sulfide) groups is 1. The monoisotopic (exact) mass is 310 g/mol. The number of hydrogen-bond donors (Lipinski definition) is 2. The predicted octanol–water partition coefficient (Wildman–Crippen LogP) is 1.06. The highest BCUT2D eigenvalue weighted by molar-refractivity contribution is 8.01. The van der Waals surface area contributed by atoms with Gasteiger partial charge in [0.1, 0.15) is 11.5 Å².